The van der Waals surface area contributed by atoms with Crippen LogP contribution in [0.15, 0.2) is 18.2 Å². The van der Waals surface area contributed by atoms with Crippen molar-refractivity contribution in [2.75, 3.05) is 6.54 Å². The summed E-state index contributed by atoms with van der Waals surface area (Å²) in [7, 11) is 0. The maximum Gasteiger partial charge on any atom is 0.166 e. The highest BCUT2D eigenvalue weighted by molar-refractivity contribution is 7.80. The molecule has 0 aliphatic carbocycles. The molecule has 0 atom stereocenters. The van der Waals surface area contributed by atoms with Gasteiger partial charge in [-0.05, 0) is 36.3 Å². The first-order valence-electron chi connectivity index (χ1n) is 5.09. The van der Waals surface area contributed by atoms with Crippen LogP contribution in [0.2, 0.25) is 10.0 Å². The molecule has 0 aliphatic heterocycles. The van der Waals surface area contributed by atoms with Crippen molar-refractivity contribution in [3.05, 3.63) is 33.8 Å². The van der Waals surface area contributed by atoms with Crippen molar-refractivity contribution in [2.45, 2.75) is 19.9 Å². The second-order valence-electron chi connectivity index (χ2n) is 3.35. The van der Waals surface area contributed by atoms with Crippen LogP contribution in [0, 0.1) is 0 Å². The molecule has 2 nitrogen and oxygen atoms in total. The van der Waals surface area contributed by atoms with Crippen molar-refractivity contribution < 1.29 is 0 Å². The summed E-state index contributed by atoms with van der Waals surface area (Å²) in [6.07, 6.45) is 1.05. The fourth-order valence-electron chi connectivity index (χ4n) is 1.14. The Balaban J connectivity index is 2.45. The van der Waals surface area contributed by atoms with E-state index in [0.717, 1.165) is 18.5 Å². The van der Waals surface area contributed by atoms with Gasteiger partial charge >= 0.3 is 0 Å². The fraction of sp³-hybridized carbons (Fsp3) is 0.364. The number of halogens is 2. The van der Waals surface area contributed by atoms with Crippen LogP contribution in [-0.2, 0) is 6.54 Å². The van der Waals surface area contributed by atoms with Crippen molar-refractivity contribution in [3.8, 4) is 0 Å². The average molecular weight is 277 g/mol. The van der Waals surface area contributed by atoms with Gasteiger partial charge in [-0.2, -0.15) is 0 Å². The lowest BCUT2D eigenvalue weighted by Crippen LogP contribution is -2.35. The van der Waals surface area contributed by atoms with Gasteiger partial charge in [-0.25, -0.2) is 0 Å². The van der Waals surface area contributed by atoms with Crippen molar-refractivity contribution in [1.82, 2.24) is 10.6 Å². The first-order chi connectivity index (χ1) is 7.63. The van der Waals surface area contributed by atoms with Crippen LogP contribution in [0.3, 0.4) is 0 Å². The Morgan fingerprint density at radius 1 is 1.31 bits per heavy atom. The zero-order valence-electron chi connectivity index (χ0n) is 9.02. The zero-order valence-corrected chi connectivity index (χ0v) is 11.3. The zero-order chi connectivity index (χ0) is 12.0. The Morgan fingerprint density at radius 3 is 2.69 bits per heavy atom. The number of rotatable bonds is 4. The van der Waals surface area contributed by atoms with Crippen LogP contribution in [-0.4, -0.2) is 11.7 Å². The van der Waals surface area contributed by atoms with Crippen LogP contribution in [0.1, 0.15) is 18.9 Å². The van der Waals surface area contributed by atoms with E-state index in [4.69, 9.17) is 35.4 Å². The number of hydrogen-bond acceptors (Lipinski definition) is 1. The molecule has 0 unspecified atom stereocenters. The van der Waals surface area contributed by atoms with Gasteiger partial charge in [0.1, 0.15) is 0 Å². The van der Waals surface area contributed by atoms with E-state index in [-0.39, 0.29) is 0 Å². The molecule has 16 heavy (non-hydrogen) atoms. The lowest BCUT2D eigenvalue weighted by atomic mass is 10.2. The molecule has 1 rings (SSSR count). The standard InChI is InChI=1S/C11H14Cl2N2S/c1-2-5-14-11(16)15-7-8-3-4-9(12)6-10(8)13/h3-4,6H,2,5,7H2,1H3,(H2,14,15,16). The van der Waals surface area contributed by atoms with Crippen molar-refractivity contribution >= 4 is 40.5 Å². The number of thiocarbonyl (C=S) groups is 1. The Labute approximate surface area is 111 Å². The van der Waals surface area contributed by atoms with Gasteiger partial charge in [0.15, 0.2) is 5.11 Å². The molecule has 1 aromatic rings. The van der Waals surface area contributed by atoms with E-state index in [0.29, 0.717) is 21.7 Å². The normalized spacial score (nSPS) is 9.94. The lowest BCUT2D eigenvalue weighted by molar-refractivity contribution is 0.799. The molecule has 2 N–H and O–H groups in total. The van der Waals surface area contributed by atoms with E-state index in [2.05, 4.69) is 17.6 Å². The molecule has 0 spiro atoms. The summed E-state index contributed by atoms with van der Waals surface area (Å²) < 4.78 is 0. The van der Waals surface area contributed by atoms with E-state index >= 15 is 0 Å². The summed E-state index contributed by atoms with van der Waals surface area (Å²) in [4.78, 5) is 0. The molecule has 0 radical (unpaired) electrons. The fourth-order valence-corrected chi connectivity index (χ4v) is 1.79. The van der Waals surface area contributed by atoms with E-state index in [1.54, 1.807) is 6.07 Å². The summed E-state index contributed by atoms with van der Waals surface area (Å²) in [5.41, 5.74) is 0.978. The van der Waals surface area contributed by atoms with Gasteiger partial charge in [-0.15, -0.1) is 0 Å². The van der Waals surface area contributed by atoms with E-state index in [1.165, 1.54) is 0 Å². The first-order valence-corrected chi connectivity index (χ1v) is 6.25. The highest BCUT2D eigenvalue weighted by Gasteiger charge is 2.01. The number of hydrogen-bond donors (Lipinski definition) is 2. The Bertz CT molecular complexity index is 369. The summed E-state index contributed by atoms with van der Waals surface area (Å²) in [5, 5.41) is 8.11. The summed E-state index contributed by atoms with van der Waals surface area (Å²) in [5.74, 6) is 0. The quantitative estimate of drug-likeness (QED) is 0.825. The lowest BCUT2D eigenvalue weighted by Gasteiger charge is -2.10. The molecule has 0 amide bonds. The Hall–Kier alpha value is -0.510. The maximum atomic E-state index is 6.03. The molecule has 0 fully saturated rings. The smallest absolute Gasteiger partial charge is 0.166 e. The minimum absolute atomic E-state index is 0.603. The minimum Gasteiger partial charge on any atom is -0.363 e. The highest BCUT2D eigenvalue weighted by Crippen LogP contribution is 2.20. The highest BCUT2D eigenvalue weighted by atomic mass is 35.5. The van der Waals surface area contributed by atoms with E-state index in [9.17, 15) is 0 Å². The van der Waals surface area contributed by atoms with Crippen LogP contribution in [0.4, 0.5) is 0 Å². The van der Waals surface area contributed by atoms with Gasteiger partial charge < -0.3 is 10.6 Å². The van der Waals surface area contributed by atoms with Gasteiger partial charge in [0.2, 0.25) is 0 Å². The van der Waals surface area contributed by atoms with Gasteiger partial charge in [-0.3, -0.25) is 0 Å². The summed E-state index contributed by atoms with van der Waals surface area (Å²) in [6, 6.07) is 5.43. The molecule has 0 saturated heterocycles. The van der Waals surface area contributed by atoms with E-state index < -0.39 is 0 Å². The SMILES string of the molecule is CCCNC(=S)NCc1ccc(Cl)cc1Cl. The molecule has 5 heteroatoms. The maximum absolute atomic E-state index is 6.03. The minimum atomic E-state index is 0.603. The van der Waals surface area contributed by atoms with Crippen LogP contribution in [0.5, 0.6) is 0 Å². The number of benzene rings is 1. The van der Waals surface area contributed by atoms with Gasteiger partial charge in [0, 0.05) is 23.1 Å². The van der Waals surface area contributed by atoms with Crippen molar-refractivity contribution in [2.24, 2.45) is 0 Å². The number of nitrogens with one attached hydrogen (secondary N) is 2. The van der Waals surface area contributed by atoms with Crippen LogP contribution >= 0.6 is 35.4 Å². The molecular formula is C11H14Cl2N2S. The van der Waals surface area contributed by atoms with Gasteiger partial charge in [0.05, 0.1) is 0 Å². The Kier molecular flexibility index (Phi) is 5.88. The third-order valence-electron chi connectivity index (χ3n) is 1.99. The predicted octanol–water partition coefficient (Wildman–Crippen LogP) is 3.37. The van der Waals surface area contributed by atoms with Crippen LogP contribution < -0.4 is 10.6 Å². The van der Waals surface area contributed by atoms with Gasteiger partial charge in [0.25, 0.3) is 0 Å². The monoisotopic (exact) mass is 276 g/mol. The molecule has 0 aliphatic rings. The molecular weight excluding hydrogens is 263 g/mol. The second kappa shape index (κ2) is 6.94. The van der Waals surface area contributed by atoms with Gasteiger partial charge in [-0.1, -0.05) is 36.2 Å². The summed E-state index contributed by atoms with van der Waals surface area (Å²) in [6.45, 7) is 3.57. The third kappa shape index (κ3) is 4.56. The predicted molar refractivity (Wildman–Crippen MR) is 74.2 cm³/mol. The van der Waals surface area contributed by atoms with Crippen molar-refractivity contribution in [3.63, 3.8) is 0 Å². The van der Waals surface area contributed by atoms with E-state index in [1.807, 2.05) is 12.1 Å². The molecule has 0 bridgehead atoms. The summed E-state index contributed by atoms with van der Waals surface area (Å²) >= 11 is 16.9. The van der Waals surface area contributed by atoms with Crippen molar-refractivity contribution in [1.29, 1.82) is 0 Å². The molecule has 88 valence electrons. The molecule has 0 aromatic heterocycles. The largest absolute Gasteiger partial charge is 0.363 e. The third-order valence-corrected chi connectivity index (χ3v) is 2.87. The molecule has 0 heterocycles. The molecule has 0 saturated carbocycles. The second-order valence-corrected chi connectivity index (χ2v) is 4.60. The van der Waals surface area contributed by atoms with Crippen LogP contribution in [0.25, 0.3) is 0 Å². The molecule has 1 aromatic carbocycles. The first kappa shape index (κ1) is 13.6. The topological polar surface area (TPSA) is 24.1 Å². The average Bonchev–Trinajstić information content (AvgIpc) is 2.25. The Morgan fingerprint density at radius 2 is 2.06 bits per heavy atom.